The van der Waals surface area contributed by atoms with Gasteiger partial charge in [0, 0.05) is 12.6 Å². The van der Waals surface area contributed by atoms with E-state index in [4.69, 9.17) is 5.73 Å². The molecule has 14 heavy (non-hydrogen) atoms. The van der Waals surface area contributed by atoms with Crippen molar-refractivity contribution in [2.24, 2.45) is 10.1 Å². The Morgan fingerprint density at radius 3 is 2.71 bits per heavy atom. The zero-order valence-electron chi connectivity index (χ0n) is 7.73. The fourth-order valence-electron chi connectivity index (χ4n) is 1.42. The molecule has 0 atom stereocenters. The van der Waals surface area contributed by atoms with Crippen molar-refractivity contribution in [2.45, 2.75) is 25.3 Å². The third-order valence-electron chi connectivity index (χ3n) is 2.52. The molecule has 1 fully saturated rings. The summed E-state index contributed by atoms with van der Waals surface area (Å²) in [6.45, 7) is 0.491. The molecule has 0 saturated heterocycles. The van der Waals surface area contributed by atoms with E-state index in [1.54, 1.807) is 0 Å². The molecule has 1 aliphatic carbocycles. The van der Waals surface area contributed by atoms with Gasteiger partial charge >= 0.3 is 0 Å². The van der Waals surface area contributed by atoms with Crippen LogP contribution in [0.5, 0.6) is 0 Å². The second-order valence-electron chi connectivity index (χ2n) is 3.61. The van der Waals surface area contributed by atoms with Crippen molar-refractivity contribution in [3.05, 3.63) is 11.1 Å². The Hall–Kier alpha value is -0.880. The molecule has 0 amide bonds. The first-order valence-electron chi connectivity index (χ1n) is 4.62. The van der Waals surface area contributed by atoms with E-state index in [1.165, 1.54) is 25.3 Å². The van der Waals surface area contributed by atoms with Crippen LogP contribution in [-0.4, -0.2) is 26.7 Å². The topological polar surface area (TPSA) is 84.5 Å². The summed E-state index contributed by atoms with van der Waals surface area (Å²) in [6.07, 6.45) is 5.00. The highest BCUT2D eigenvalue weighted by molar-refractivity contribution is 7.94. The number of rotatable bonds is 3. The highest BCUT2D eigenvalue weighted by Gasteiger charge is 2.23. The Labute approximate surface area is 83.1 Å². The fraction of sp³-hybridized carbons (Fsp3) is 0.625. The van der Waals surface area contributed by atoms with Crippen LogP contribution in [0, 0.1) is 0 Å². The molecule has 0 aromatic rings. The van der Waals surface area contributed by atoms with Gasteiger partial charge in [-0.05, 0) is 18.9 Å². The predicted molar refractivity (Wildman–Crippen MR) is 54.3 cm³/mol. The van der Waals surface area contributed by atoms with Gasteiger partial charge in [-0.3, -0.25) is 0 Å². The molecule has 3 N–H and O–H groups in total. The van der Waals surface area contributed by atoms with Crippen LogP contribution >= 0.6 is 0 Å². The highest BCUT2D eigenvalue weighted by atomic mass is 32.2. The first-order chi connectivity index (χ1) is 6.58. The summed E-state index contributed by atoms with van der Waals surface area (Å²) < 4.78 is 25.7. The first-order valence-corrected chi connectivity index (χ1v) is 6.06. The summed E-state index contributed by atoms with van der Waals surface area (Å²) in [5, 5.41) is 3.07. The van der Waals surface area contributed by atoms with E-state index in [2.05, 4.69) is 9.71 Å². The van der Waals surface area contributed by atoms with E-state index >= 15 is 0 Å². The molecule has 78 valence electrons. The number of hydrogen-bond acceptors (Lipinski definition) is 4. The summed E-state index contributed by atoms with van der Waals surface area (Å²) in [6, 6.07) is 0.524. The molecule has 0 aromatic heterocycles. The number of nitrogens with one attached hydrogen (secondary N) is 1. The van der Waals surface area contributed by atoms with Crippen LogP contribution in [0.1, 0.15) is 19.3 Å². The van der Waals surface area contributed by atoms with E-state index in [-0.39, 0.29) is 5.03 Å². The summed E-state index contributed by atoms with van der Waals surface area (Å²) in [5.74, 6) is 0. The van der Waals surface area contributed by atoms with E-state index < -0.39 is 10.0 Å². The van der Waals surface area contributed by atoms with Crippen molar-refractivity contribution in [1.29, 1.82) is 0 Å². The number of sulfonamides is 1. The van der Waals surface area contributed by atoms with Gasteiger partial charge in [0.25, 0.3) is 10.0 Å². The molecule has 1 heterocycles. The Morgan fingerprint density at radius 1 is 1.57 bits per heavy atom. The van der Waals surface area contributed by atoms with E-state index in [0.29, 0.717) is 18.3 Å². The van der Waals surface area contributed by atoms with Crippen LogP contribution in [0.15, 0.2) is 15.5 Å². The molecule has 0 unspecified atom stereocenters. The van der Waals surface area contributed by atoms with E-state index in [1.807, 2.05) is 0 Å². The number of hydrogen-bond donors (Lipinski definition) is 2. The third-order valence-corrected chi connectivity index (χ3v) is 3.71. The normalized spacial score (nSPS) is 25.4. The minimum Gasteiger partial charge on any atom is -0.388 e. The van der Waals surface area contributed by atoms with Gasteiger partial charge in [0.1, 0.15) is 0 Å². The maximum absolute atomic E-state index is 11.1. The Balaban J connectivity index is 1.94. The molecular formula is C8H13N3O2S. The number of nitrogens with zero attached hydrogens (tertiary/aromatic N) is 1. The van der Waals surface area contributed by atoms with Gasteiger partial charge < -0.3 is 11.1 Å². The van der Waals surface area contributed by atoms with Crippen molar-refractivity contribution in [3.63, 3.8) is 0 Å². The first kappa shape index (κ1) is 9.67. The van der Waals surface area contributed by atoms with Crippen molar-refractivity contribution >= 4 is 15.7 Å². The number of nitrogens with two attached hydrogens (primary N) is 1. The zero-order valence-corrected chi connectivity index (χ0v) is 8.55. The SMILES string of the molecule is NC1=CC(CNC2CCC2)=NS1(=O)=O. The summed E-state index contributed by atoms with van der Waals surface area (Å²) in [7, 11) is -3.52. The molecular weight excluding hydrogens is 202 g/mol. The van der Waals surface area contributed by atoms with Crippen LogP contribution < -0.4 is 11.1 Å². The van der Waals surface area contributed by atoms with Gasteiger partial charge in [0.05, 0.1) is 5.71 Å². The molecule has 2 rings (SSSR count). The van der Waals surface area contributed by atoms with Crippen LogP contribution in [0.3, 0.4) is 0 Å². The second kappa shape index (κ2) is 3.36. The molecule has 2 aliphatic rings. The van der Waals surface area contributed by atoms with Crippen molar-refractivity contribution in [3.8, 4) is 0 Å². The molecule has 1 saturated carbocycles. The summed E-state index contributed by atoms with van der Waals surface area (Å²) in [5.41, 5.74) is 5.80. The molecule has 0 aromatic carbocycles. The minimum atomic E-state index is -3.52. The van der Waals surface area contributed by atoms with Gasteiger partial charge in [-0.2, -0.15) is 12.8 Å². The van der Waals surface area contributed by atoms with Gasteiger partial charge in [-0.25, -0.2) is 0 Å². The lowest BCUT2D eigenvalue weighted by Crippen LogP contribution is -2.37. The average molecular weight is 215 g/mol. The Morgan fingerprint density at radius 2 is 2.29 bits per heavy atom. The maximum Gasteiger partial charge on any atom is 0.297 e. The summed E-state index contributed by atoms with van der Waals surface area (Å²) >= 11 is 0. The van der Waals surface area contributed by atoms with Gasteiger partial charge in [0.2, 0.25) is 0 Å². The zero-order chi connectivity index (χ0) is 10.2. The smallest absolute Gasteiger partial charge is 0.297 e. The Kier molecular flexibility index (Phi) is 2.32. The van der Waals surface area contributed by atoms with Crippen LogP contribution in [-0.2, 0) is 10.0 Å². The molecule has 0 radical (unpaired) electrons. The summed E-state index contributed by atoms with van der Waals surface area (Å²) in [4.78, 5) is 0. The molecule has 5 nitrogen and oxygen atoms in total. The van der Waals surface area contributed by atoms with Crippen molar-refractivity contribution in [2.75, 3.05) is 6.54 Å². The Bertz CT molecular complexity index is 393. The average Bonchev–Trinajstić information content (AvgIpc) is 2.23. The predicted octanol–water partition coefficient (Wildman–Crippen LogP) is -0.287. The lowest BCUT2D eigenvalue weighted by molar-refractivity contribution is 0.354. The van der Waals surface area contributed by atoms with Crippen LogP contribution in [0.25, 0.3) is 0 Å². The fourth-order valence-corrected chi connectivity index (χ4v) is 2.23. The standard InChI is InChI=1S/C8H13N3O2S/c9-8-4-7(11-14(8,12)13)5-10-6-2-1-3-6/h4,6,10H,1-3,5,9H2. The van der Waals surface area contributed by atoms with Gasteiger partial charge in [-0.1, -0.05) is 6.42 Å². The highest BCUT2D eigenvalue weighted by Crippen LogP contribution is 2.18. The molecule has 0 spiro atoms. The van der Waals surface area contributed by atoms with Crippen LogP contribution in [0.4, 0.5) is 0 Å². The lowest BCUT2D eigenvalue weighted by atomic mass is 9.93. The second-order valence-corrected chi connectivity index (χ2v) is 5.22. The minimum absolute atomic E-state index is 0.150. The molecule has 0 bridgehead atoms. The molecule has 1 aliphatic heterocycles. The quantitative estimate of drug-likeness (QED) is 0.677. The van der Waals surface area contributed by atoms with E-state index in [0.717, 1.165) is 0 Å². The largest absolute Gasteiger partial charge is 0.388 e. The van der Waals surface area contributed by atoms with Crippen molar-refractivity contribution < 1.29 is 8.42 Å². The molecule has 6 heteroatoms. The third kappa shape index (κ3) is 1.80. The van der Waals surface area contributed by atoms with Gasteiger partial charge in [0.15, 0.2) is 5.03 Å². The van der Waals surface area contributed by atoms with Gasteiger partial charge in [-0.15, -0.1) is 0 Å². The monoisotopic (exact) mass is 215 g/mol. The van der Waals surface area contributed by atoms with Crippen molar-refractivity contribution in [1.82, 2.24) is 5.32 Å². The lowest BCUT2D eigenvalue weighted by Gasteiger charge is -2.26. The van der Waals surface area contributed by atoms with E-state index in [9.17, 15) is 8.42 Å². The maximum atomic E-state index is 11.1. The van der Waals surface area contributed by atoms with Crippen LogP contribution in [0.2, 0.25) is 0 Å².